The Balaban J connectivity index is 0.000000745. The van der Waals surface area contributed by atoms with Crippen LogP contribution >= 0.6 is 0 Å². The van der Waals surface area contributed by atoms with Crippen molar-refractivity contribution >= 4 is 5.82 Å². The van der Waals surface area contributed by atoms with E-state index in [1.165, 1.54) is 11.0 Å². The molecule has 1 aromatic heterocycles. The van der Waals surface area contributed by atoms with Crippen molar-refractivity contribution in [2.75, 3.05) is 50.0 Å². The first-order valence-corrected chi connectivity index (χ1v) is 6.91. The molecule has 126 valence electrons. The zero-order chi connectivity index (χ0) is 16.8. The van der Waals surface area contributed by atoms with Crippen LogP contribution in [0.4, 0.5) is 19.0 Å². The van der Waals surface area contributed by atoms with Gasteiger partial charge in [-0.3, -0.25) is 10.3 Å². The number of halogens is 3. The van der Waals surface area contributed by atoms with Gasteiger partial charge in [0.1, 0.15) is 0 Å². The minimum absolute atomic E-state index is 0.0689. The number of rotatable bonds is 2. The molecule has 2 heterocycles. The van der Waals surface area contributed by atoms with Gasteiger partial charge in [0.15, 0.2) is 11.3 Å². The SMILES string of the molecule is CCN.N=c1ccc(N2CCN(CC(F)(F)F)CC2)nn1N. The van der Waals surface area contributed by atoms with E-state index in [9.17, 15) is 13.2 Å². The zero-order valence-electron chi connectivity index (χ0n) is 12.5. The topological polar surface area (TPSA) is 100 Å². The summed E-state index contributed by atoms with van der Waals surface area (Å²) in [7, 11) is 0. The molecule has 10 heteroatoms. The Bertz CT molecular complexity index is 506. The molecule has 0 atom stereocenters. The van der Waals surface area contributed by atoms with Gasteiger partial charge in [0.25, 0.3) is 0 Å². The highest BCUT2D eigenvalue weighted by Crippen LogP contribution is 2.18. The minimum atomic E-state index is -4.16. The number of alkyl halides is 3. The molecule has 0 aromatic carbocycles. The maximum atomic E-state index is 12.2. The summed E-state index contributed by atoms with van der Waals surface area (Å²) in [4.78, 5) is 4.17. The van der Waals surface area contributed by atoms with Crippen LogP contribution in [0.3, 0.4) is 0 Å². The molecule has 0 radical (unpaired) electrons. The number of nitrogens with one attached hydrogen (secondary N) is 1. The largest absolute Gasteiger partial charge is 0.401 e. The number of piperazine rings is 1. The summed E-state index contributed by atoms with van der Waals surface area (Å²) in [5.74, 6) is 6.04. The average molecular weight is 321 g/mol. The smallest absolute Gasteiger partial charge is 0.353 e. The number of nitrogens with zero attached hydrogens (tertiary/aromatic N) is 4. The van der Waals surface area contributed by atoms with E-state index in [0.29, 0.717) is 32.0 Å². The van der Waals surface area contributed by atoms with Gasteiger partial charge < -0.3 is 16.5 Å². The number of anilines is 1. The summed E-state index contributed by atoms with van der Waals surface area (Å²) in [6.07, 6.45) is -4.16. The van der Waals surface area contributed by atoms with Crippen LogP contribution < -0.4 is 22.0 Å². The standard InChI is InChI=1S/C10H15F3N6.C2H7N/c11-10(12,13)7-17-3-5-18(6-4-17)9-2-1-8(14)19(15)16-9;1-2-3/h1-2,14H,3-7,15H2;2-3H2,1H3. The first-order chi connectivity index (χ1) is 10.3. The van der Waals surface area contributed by atoms with Crippen molar-refractivity contribution in [1.82, 2.24) is 14.8 Å². The van der Waals surface area contributed by atoms with Gasteiger partial charge in [0, 0.05) is 26.2 Å². The molecule has 1 fully saturated rings. The Morgan fingerprint density at radius 1 is 1.23 bits per heavy atom. The monoisotopic (exact) mass is 321 g/mol. The summed E-state index contributed by atoms with van der Waals surface area (Å²) in [5, 5.41) is 11.4. The summed E-state index contributed by atoms with van der Waals surface area (Å²) in [6, 6.07) is 3.15. The molecule has 0 amide bonds. The molecule has 0 aliphatic carbocycles. The summed E-state index contributed by atoms with van der Waals surface area (Å²) in [6.45, 7) is 3.35. The molecular weight excluding hydrogens is 299 g/mol. The highest BCUT2D eigenvalue weighted by molar-refractivity contribution is 5.37. The molecule has 1 aromatic rings. The predicted octanol–water partition coefficient (Wildman–Crippen LogP) is -0.274. The summed E-state index contributed by atoms with van der Waals surface area (Å²) in [5.41, 5.74) is 4.92. The second-order valence-electron chi connectivity index (χ2n) is 4.81. The van der Waals surface area contributed by atoms with Crippen LogP contribution in [0.1, 0.15) is 6.92 Å². The molecule has 22 heavy (non-hydrogen) atoms. The van der Waals surface area contributed by atoms with Gasteiger partial charge in [-0.15, -0.1) is 5.10 Å². The second kappa shape index (κ2) is 7.99. The van der Waals surface area contributed by atoms with E-state index in [4.69, 9.17) is 17.0 Å². The Hall–Kier alpha value is -1.81. The minimum Gasteiger partial charge on any atom is -0.353 e. The average Bonchev–Trinajstić information content (AvgIpc) is 2.42. The maximum absolute atomic E-state index is 12.2. The number of hydrogen-bond acceptors (Lipinski definition) is 6. The highest BCUT2D eigenvalue weighted by Gasteiger charge is 2.32. The molecule has 5 N–H and O–H groups in total. The molecule has 0 unspecified atom stereocenters. The van der Waals surface area contributed by atoms with Crippen LogP contribution in [0, 0.1) is 5.41 Å². The number of hydrogen-bond donors (Lipinski definition) is 3. The molecule has 0 spiro atoms. The lowest BCUT2D eigenvalue weighted by atomic mass is 10.3. The van der Waals surface area contributed by atoms with Crippen molar-refractivity contribution in [2.45, 2.75) is 13.1 Å². The fourth-order valence-corrected chi connectivity index (χ4v) is 1.98. The van der Waals surface area contributed by atoms with E-state index < -0.39 is 12.7 Å². The number of aromatic nitrogens is 2. The van der Waals surface area contributed by atoms with Crippen LogP contribution in [-0.4, -0.2) is 60.2 Å². The van der Waals surface area contributed by atoms with E-state index in [0.717, 1.165) is 11.3 Å². The Labute approximate surface area is 126 Å². The lowest BCUT2D eigenvalue weighted by molar-refractivity contribution is -0.146. The molecule has 0 bridgehead atoms. The molecule has 0 saturated carbocycles. The predicted molar refractivity (Wildman–Crippen MR) is 77.7 cm³/mol. The molecule has 1 saturated heterocycles. The quantitative estimate of drug-likeness (QED) is 0.651. The Morgan fingerprint density at radius 3 is 2.23 bits per heavy atom. The van der Waals surface area contributed by atoms with Gasteiger partial charge in [-0.2, -0.15) is 18.0 Å². The highest BCUT2D eigenvalue weighted by atomic mass is 19.4. The first kappa shape index (κ1) is 18.2. The third kappa shape index (κ3) is 5.90. The van der Waals surface area contributed by atoms with Crippen LogP contribution in [-0.2, 0) is 0 Å². The van der Waals surface area contributed by atoms with Crippen molar-refractivity contribution in [3.8, 4) is 0 Å². The summed E-state index contributed by atoms with van der Waals surface area (Å²) >= 11 is 0. The van der Waals surface area contributed by atoms with Crippen LogP contribution in [0.2, 0.25) is 0 Å². The molecule has 1 aliphatic rings. The van der Waals surface area contributed by atoms with Crippen molar-refractivity contribution in [3.05, 3.63) is 17.6 Å². The van der Waals surface area contributed by atoms with Crippen LogP contribution in [0.5, 0.6) is 0 Å². The van der Waals surface area contributed by atoms with Crippen LogP contribution in [0.25, 0.3) is 0 Å². The van der Waals surface area contributed by atoms with E-state index in [1.807, 2.05) is 11.8 Å². The normalized spacial score (nSPS) is 16.1. The van der Waals surface area contributed by atoms with Crippen molar-refractivity contribution < 1.29 is 13.2 Å². The van der Waals surface area contributed by atoms with Crippen molar-refractivity contribution in [3.63, 3.8) is 0 Å². The lowest BCUT2D eigenvalue weighted by Gasteiger charge is -2.35. The van der Waals surface area contributed by atoms with Gasteiger partial charge in [-0.25, -0.2) is 0 Å². The fraction of sp³-hybridized carbons (Fsp3) is 0.667. The van der Waals surface area contributed by atoms with Crippen molar-refractivity contribution in [2.24, 2.45) is 5.73 Å². The summed E-state index contributed by atoms with van der Waals surface area (Å²) < 4.78 is 36.7. The third-order valence-corrected chi connectivity index (χ3v) is 2.95. The van der Waals surface area contributed by atoms with Crippen molar-refractivity contribution in [1.29, 1.82) is 5.41 Å². The lowest BCUT2D eigenvalue weighted by Crippen LogP contribution is -2.49. The van der Waals surface area contributed by atoms with E-state index in [1.54, 1.807) is 6.07 Å². The second-order valence-corrected chi connectivity index (χ2v) is 4.81. The zero-order valence-corrected chi connectivity index (χ0v) is 12.5. The van der Waals surface area contributed by atoms with Gasteiger partial charge in [-0.05, 0) is 18.7 Å². The van der Waals surface area contributed by atoms with Gasteiger partial charge >= 0.3 is 6.18 Å². The number of nitrogen functional groups attached to an aromatic ring is 1. The van der Waals surface area contributed by atoms with Gasteiger partial charge in [0.05, 0.1) is 6.54 Å². The van der Waals surface area contributed by atoms with E-state index in [2.05, 4.69) is 5.10 Å². The maximum Gasteiger partial charge on any atom is 0.401 e. The fourth-order valence-electron chi connectivity index (χ4n) is 1.98. The third-order valence-electron chi connectivity index (χ3n) is 2.95. The van der Waals surface area contributed by atoms with E-state index >= 15 is 0 Å². The first-order valence-electron chi connectivity index (χ1n) is 6.91. The van der Waals surface area contributed by atoms with Crippen LogP contribution in [0.15, 0.2) is 12.1 Å². The van der Waals surface area contributed by atoms with Gasteiger partial charge in [-0.1, -0.05) is 6.92 Å². The number of nitrogens with two attached hydrogens (primary N) is 2. The molecule has 1 aliphatic heterocycles. The van der Waals surface area contributed by atoms with E-state index in [-0.39, 0.29) is 5.49 Å². The van der Waals surface area contributed by atoms with Gasteiger partial charge in [0.2, 0.25) is 0 Å². The molecular formula is C12H22F3N7. The Morgan fingerprint density at radius 2 is 1.77 bits per heavy atom. The molecule has 2 rings (SSSR count). The Kier molecular flexibility index (Phi) is 6.62. The molecule has 7 nitrogen and oxygen atoms in total.